The molecule has 0 aliphatic carbocycles. The van der Waals surface area contributed by atoms with Crippen LogP contribution < -0.4 is 15.8 Å². The van der Waals surface area contributed by atoms with Crippen molar-refractivity contribution in [3.63, 3.8) is 0 Å². The van der Waals surface area contributed by atoms with Gasteiger partial charge in [0, 0.05) is 12.2 Å². The van der Waals surface area contributed by atoms with Crippen molar-refractivity contribution in [1.29, 1.82) is 0 Å². The van der Waals surface area contributed by atoms with E-state index in [0.717, 1.165) is 22.1 Å². The molecule has 0 spiro atoms. The maximum atomic E-state index is 12.1. The van der Waals surface area contributed by atoms with Crippen molar-refractivity contribution in [2.75, 3.05) is 18.5 Å². The van der Waals surface area contributed by atoms with Gasteiger partial charge in [0.2, 0.25) is 0 Å². The Labute approximate surface area is 121 Å². The Hall–Kier alpha value is -1.92. The summed E-state index contributed by atoms with van der Waals surface area (Å²) in [6, 6.07) is 7.20. The predicted molar refractivity (Wildman–Crippen MR) is 80.5 cm³/mol. The van der Waals surface area contributed by atoms with Crippen molar-refractivity contribution >= 4 is 22.9 Å². The molecule has 1 aromatic carbocycles. The molecule has 0 atom stereocenters. The van der Waals surface area contributed by atoms with Gasteiger partial charge in [-0.25, -0.2) is 4.98 Å². The van der Waals surface area contributed by atoms with Crippen molar-refractivity contribution in [3.8, 4) is 5.75 Å². The molecule has 0 bridgehead atoms. The van der Waals surface area contributed by atoms with Crippen LogP contribution in [0.15, 0.2) is 24.3 Å². The van der Waals surface area contributed by atoms with E-state index in [1.54, 1.807) is 24.3 Å². The highest BCUT2D eigenvalue weighted by Gasteiger charge is 2.13. The summed E-state index contributed by atoms with van der Waals surface area (Å²) >= 11 is 1.39. The fourth-order valence-corrected chi connectivity index (χ4v) is 2.56. The minimum absolute atomic E-state index is 0.135. The third-order valence-corrected chi connectivity index (χ3v) is 3.68. The van der Waals surface area contributed by atoms with Gasteiger partial charge in [0.25, 0.3) is 5.91 Å². The molecule has 3 N–H and O–H groups in total. The van der Waals surface area contributed by atoms with Gasteiger partial charge in [0.1, 0.15) is 17.2 Å². The topological polar surface area (TPSA) is 77.2 Å². The summed E-state index contributed by atoms with van der Waals surface area (Å²) in [6.45, 7) is 4.67. The number of carbonyl (C=O) groups is 1. The highest BCUT2D eigenvalue weighted by Crippen LogP contribution is 2.20. The molecule has 1 amide bonds. The first-order valence-corrected chi connectivity index (χ1v) is 7.10. The molecular formula is C14H17N3O2S. The molecule has 0 aliphatic rings. The van der Waals surface area contributed by atoms with E-state index in [1.165, 1.54) is 11.3 Å². The van der Waals surface area contributed by atoms with Crippen molar-refractivity contribution in [1.82, 2.24) is 4.98 Å². The summed E-state index contributed by atoms with van der Waals surface area (Å²) in [5.41, 5.74) is 6.85. The number of hydrogen-bond donors (Lipinski definition) is 2. The highest BCUT2D eigenvalue weighted by molar-refractivity contribution is 7.13. The average Bonchev–Trinajstić information content (AvgIpc) is 2.77. The van der Waals surface area contributed by atoms with Gasteiger partial charge in [-0.2, -0.15) is 0 Å². The number of hydrogen-bond acceptors (Lipinski definition) is 5. The average molecular weight is 291 g/mol. The Bertz CT molecular complexity index is 593. The van der Waals surface area contributed by atoms with Crippen LogP contribution in [0.1, 0.15) is 20.4 Å². The van der Waals surface area contributed by atoms with E-state index in [4.69, 9.17) is 10.5 Å². The lowest BCUT2D eigenvalue weighted by molar-refractivity contribution is 0.103. The summed E-state index contributed by atoms with van der Waals surface area (Å²) in [5.74, 6) is 0.599. The summed E-state index contributed by atoms with van der Waals surface area (Å²) < 4.78 is 5.38. The molecule has 0 unspecified atom stereocenters. The Kier molecular flexibility index (Phi) is 4.70. The standard InChI is InChI=1S/C14H17N3O2S/c1-9-13(20-10(2)16-9)14(18)17-11-3-5-12(6-4-11)19-8-7-15/h3-6H,7-8,15H2,1-2H3,(H,17,18). The molecule has 20 heavy (non-hydrogen) atoms. The Morgan fingerprint density at radius 2 is 2.05 bits per heavy atom. The maximum Gasteiger partial charge on any atom is 0.267 e. The largest absolute Gasteiger partial charge is 0.492 e. The molecule has 1 aromatic heterocycles. The quantitative estimate of drug-likeness (QED) is 0.886. The molecular weight excluding hydrogens is 274 g/mol. The number of benzene rings is 1. The van der Waals surface area contributed by atoms with Crippen LogP contribution in [0.2, 0.25) is 0 Å². The molecule has 0 aliphatic heterocycles. The fourth-order valence-electron chi connectivity index (χ4n) is 1.74. The number of aromatic nitrogens is 1. The summed E-state index contributed by atoms with van der Waals surface area (Å²) in [5, 5.41) is 3.73. The van der Waals surface area contributed by atoms with Crippen molar-refractivity contribution in [2.24, 2.45) is 5.73 Å². The molecule has 0 fully saturated rings. The molecule has 2 rings (SSSR count). The van der Waals surface area contributed by atoms with E-state index in [1.807, 2.05) is 13.8 Å². The van der Waals surface area contributed by atoms with Gasteiger partial charge in [-0.3, -0.25) is 4.79 Å². The predicted octanol–water partition coefficient (Wildman–Crippen LogP) is 2.35. The normalized spacial score (nSPS) is 10.3. The molecule has 6 heteroatoms. The first-order valence-electron chi connectivity index (χ1n) is 6.28. The van der Waals surface area contributed by atoms with Crippen LogP contribution in [0.3, 0.4) is 0 Å². The number of aryl methyl sites for hydroxylation is 2. The van der Waals surface area contributed by atoms with Gasteiger partial charge in [-0.05, 0) is 38.1 Å². The fraction of sp³-hybridized carbons (Fsp3) is 0.286. The van der Waals surface area contributed by atoms with Crippen LogP contribution in [-0.4, -0.2) is 24.0 Å². The number of thiazole rings is 1. The highest BCUT2D eigenvalue weighted by atomic mass is 32.1. The maximum absolute atomic E-state index is 12.1. The van der Waals surface area contributed by atoms with Crippen molar-refractivity contribution in [2.45, 2.75) is 13.8 Å². The number of nitrogens with two attached hydrogens (primary N) is 1. The van der Waals surface area contributed by atoms with Crippen LogP contribution in [0.25, 0.3) is 0 Å². The summed E-state index contributed by atoms with van der Waals surface area (Å²) in [4.78, 5) is 17.0. The van der Waals surface area contributed by atoms with Gasteiger partial charge in [0.05, 0.1) is 10.7 Å². The van der Waals surface area contributed by atoms with Gasteiger partial charge >= 0.3 is 0 Å². The number of rotatable bonds is 5. The molecule has 106 valence electrons. The van der Waals surface area contributed by atoms with Crippen LogP contribution in [0, 0.1) is 13.8 Å². The lowest BCUT2D eigenvalue weighted by atomic mass is 10.3. The third-order valence-electron chi connectivity index (χ3n) is 2.61. The first kappa shape index (κ1) is 14.5. The molecule has 0 saturated carbocycles. The zero-order valence-corrected chi connectivity index (χ0v) is 12.3. The molecule has 2 aromatic rings. The smallest absolute Gasteiger partial charge is 0.267 e. The van der Waals surface area contributed by atoms with Gasteiger partial charge < -0.3 is 15.8 Å². The summed E-state index contributed by atoms with van der Waals surface area (Å²) in [6.07, 6.45) is 0. The zero-order valence-electron chi connectivity index (χ0n) is 11.5. The number of carbonyl (C=O) groups excluding carboxylic acids is 1. The lowest BCUT2D eigenvalue weighted by Gasteiger charge is -2.07. The van der Waals surface area contributed by atoms with E-state index in [9.17, 15) is 4.79 Å². The molecule has 0 radical (unpaired) electrons. The second-order valence-corrected chi connectivity index (χ2v) is 5.47. The Morgan fingerprint density at radius 3 is 2.60 bits per heavy atom. The van der Waals surface area contributed by atoms with E-state index >= 15 is 0 Å². The van der Waals surface area contributed by atoms with E-state index in [2.05, 4.69) is 10.3 Å². The summed E-state index contributed by atoms with van der Waals surface area (Å²) in [7, 11) is 0. The molecule has 1 heterocycles. The Balaban J connectivity index is 2.02. The van der Waals surface area contributed by atoms with Crippen LogP contribution >= 0.6 is 11.3 Å². The third kappa shape index (κ3) is 3.55. The SMILES string of the molecule is Cc1nc(C)c(C(=O)Nc2ccc(OCCN)cc2)s1. The number of ether oxygens (including phenoxy) is 1. The number of nitrogens with zero attached hydrogens (tertiary/aromatic N) is 1. The number of nitrogens with one attached hydrogen (secondary N) is 1. The van der Waals surface area contributed by atoms with E-state index < -0.39 is 0 Å². The van der Waals surface area contributed by atoms with Crippen molar-refractivity contribution < 1.29 is 9.53 Å². The minimum atomic E-state index is -0.135. The Morgan fingerprint density at radius 1 is 1.35 bits per heavy atom. The van der Waals surface area contributed by atoms with Crippen LogP contribution in [0.4, 0.5) is 5.69 Å². The van der Waals surface area contributed by atoms with Crippen molar-refractivity contribution in [3.05, 3.63) is 39.8 Å². The second-order valence-electron chi connectivity index (χ2n) is 4.26. The van der Waals surface area contributed by atoms with Gasteiger partial charge in [-0.15, -0.1) is 11.3 Å². The van der Waals surface area contributed by atoms with Crippen LogP contribution in [0.5, 0.6) is 5.75 Å². The van der Waals surface area contributed by atoms with Gasteiger partial charge in [0.15, 0.2) is 0 Å². The monoisotopic (exact) mass is 291 g/mol. The number of anilines is 1. The minimum Gasteiger partial charge on any atom is -0.492 e. The van der Waals surface area contributed by atoms with Gasteiger partial charge in [-0.1, -0.05) is 0 Å². The molecule has 5 nitrogen and oxygen atoms in total. The molecule has 0 saturated heterocycles. The van der Waals surface area contributed by atoms with E-state index in [-0.39, 0.29) is 5.91 Å². The second kappa shape index (κ2) is 6.49. The van der Waals surface area contributed by atoms with E-state index in [0.29, 0.717) is 18.0 Å². The lowest BCUT2D eigenvalue weighted by Crippen LogP contribution is -2.12. The zero-order chi connectivity index (χ0) is 14.5. The van der Waals surface area contributed by atoms with Crippen LogP contribution in [-0.2, 0) is 0 Å². The first-order chi connectivity index (χ1) is 9.60. The number of amides is 1.